The molecule has 2 unspecified atom stereocenters. The second-order valence-electron chi connectivity index (χ2n) is 6.53. The fraction of sp³-hybridized carbons (Fsp3) is 0.579. The molecule has 1 aromatic rings. The molecule has 0 spiro atoms. The summed E-state index contributed by atoms with van der Waals surface area (Å²) in [6.45, 7) is 5.48. The maximum atomic E-state index is 12.2. The first-order chi connectivity index (χ1) is 12.1. The molecule has 1 aromatic carbocycles. The number of thioether (sulfide) groups is 1. The number of rotatable bonds is 8. The van der Waals surface area contributed by atoms with E-state index in [0.29, 0.717) is 17.6 Å². The van der Waals surface area contributed by atoms with E-state index in [1.807, 2.05) is 34.9 Å². The SMILES string of the molecule is CN=C(NCC1CC(=O)N(CCc2ccccc2)C1)NCC(C)SC.I. The predicted octanol–water partition coefficient (Wildman–Crippen LogP) is 2.61. The fourth-order valence-electron chi connectivity index (χ4n) is 2.90. The molecule has 146 valence electrons. The third kappa shape index (κ3) is 7.73. The van der Waals surface area contributed by atoms with Gasteiger partial charge in [-0.1, -0.05) is 37.3 Å². The Morgan fingerprint density at radius 2 is 2.08 bits per heavy atom. The molecule has 1 amide bonds. The summed E-state index contributed by atoms with van der Waals surface area (Å²) in [5.74, 6) is 1.43. The van der Waals surface area contributed by atoms with Crippen molar-refractivity contribution in [3.8, 4) is 0 Å². The lowest BCUT2D eigenvalue weighted by Crippen LogP contribution is -2.42. The van der Waals surface area contributed by atoms with E-state index >= 15 is 0 Å². The van der Waals surface area contributed by atoms with Crippen molar-refractivity contribution >= 4 is 47.6 Å². The number of aliphatic imine (C=N–C) groups is 1. The van der Waals surface area contributed by atoms with Crippen LogP contribution in [0.3, 0.4) is 0 Å². The number of likely N-dealkylation sites (tertiary alicyclic amines) is 1. The number of hydrogen-bond donors (Lipinski definition) is 2. The highest BCUT2D eigenvalue weighted by Crippen LogP contribution is 2.17. The number of guanidine groups is 1. The molecule has 0 aliphatic carbocycles. The standard InChI is InChI=1S/C19H30N4OS.HI/c1-15(25-3)12-21-19(20-2)22-13-17-11-18(24)23(14-17)10-9-16-7-5-4-6-8-16;/h4-8,15,17H,9-14H2,1-3H3,(H2,20,21,22);1H. The summed E-state index contributed by atoms with van der Waals surface area (Å²) in [5.41, 5.74) is 1.28. The Balaban J connectivity index is 0.00000338. The lowest BCUT2D eigenvalue weighted by Gasteiger charge is -2.18. The zero-order valence-electron chi connectivity index (χ0n) is 15.9. The second-order valence-corrected chi connectivity index (χ2v) is 7.80. The van der Waals surface area contributed by atoms with Gasteiger partial charge in [-0.2, -0.15) is 11.8 Å². The van der Waals surface area contributed by atoms with Crippen LogP contribution in [0.25, 0.3) is 0 Å². The molecule has 1 saturated heterocycles. The van der Waals surface area contributed by atoms with E-state index in [1.165, 1.54) is 5.56 Å². The van der Waals surface area contributed by atoms with Crippen LogP contribution >= 0.6 is 35.7 Å². The van der Waals surface area contributed by atoms with Crippen molar-refractivity contribution < 1.29 is 4.79 Å². The number of nitrogens with zero attached hydrogens (tertiary/aromatic N) is 2. The molecule has 0 saturated carbocycles. The molecule has 1 aliphatic heterocycles. The molecule has 1 aliphatic rings. The van der Waals surface area contributed by atoms with Crippen LogP contribution in [-0.2, 0) is 11.2 Å². The molecule has 0 bridgehead atoms. The Bertz CT molecular complexity index is 570. The highest BCUT2D eigenvalue weighted by atomic mass is 127. The molecular weight excluding hydrogens is 459 g/mol. The first-order valence-corrected chi connectivity index (χ1v) is 10.2. The quantitative estimate of drug-likeness (QED) is 0.334. The molecule has 1 fully saturated rings. The van der Waals surface area contributed by atoms with Gasteiger partial charge in [0.25, 0.3) is 0 Å². The summed E-state index contributed by atoms with van der Waals surface area (Å²) in [4.78, 5) is 18.5. The van der Waals surface area contributed by atoms with Gasteiger partial charge < -0.3 is 15.5 Å². The van der Waals surface area contributed by atoms with Gasteiger partial charge in [-0.05, 0) is 18.2 Å². The van der Waals surface area contributed by atoms with Gasteiger partial charge in [0.15, 0.2) is 5.96 Å². The van der Waals surface area contributed by atoms with Crippen molar-refractivity contribution in [1.29, 1.82) is 0 Å². The highest BCUT2D eigenvalue weighted by Gasteiger charge is 2.29. The zero-order chi connectivity index (χ0) is 18.1. The van der Waals surface area contributed by atoms with Crippen molar-refractivity contribution in [2.45, 2.75) is 25.0 Å². The monoisotopic (exact) mass is 490 g/mol. The molecule has 26 heavy (non-hydrogen) atoms. The number of carbonyl (C=O) groups excluding carboxylic acids is 1. The van der Waals surface area contributed by atoms with Crippen molar-refractivity contribution in [2.75, 3.05) is 39.5 Å². The van der Waals surface area contributed by atoms with Crippen LogP contribution in [0.2, 0.25) is 0 Å². The van der Waals surface area contributed by atoms with E-state index in [-0.39, 0.29) is 29.9 Å². The van der Waals surface area contributed by atoms with Crippen molar-refractivity contribution in [3.63, 3.8) is 0 Å². The summed E-state index contributed by atoms with van der Waals surface area (Å²) in [7, 11) is 1.78. The molecule has 1 heterocycles. The van der Waals surface area contributed by atoms with E-state index in [2.05, 4.69) is 40.9 Å². The highest BCUT2D eigenvalue weighted by molar-refractivity contribution is 14.0. The van der Waals surface area contributed by atoms with Crippen LogP contribution in [0.5, 0.6) is 0 Å². The van der Waals surface area contributed by atoms with Crippen LogP contribution in [0.15, 0.2) is 35.3 Å². The van der Waals surface area contributed by atoms with E-state index in [0.717, 1.165) is 38.6 Å². The lowest BCUT2D eigenvalue weighted by atomic mass is 10.1. The second kappa shape index (κ2) is 12.4. The number of halogens is 1. The zero-order valence-corrected chi connectivity index (χ0v) is 19.1. The largest absolute Gasteiger partial charge is 0.356 e. The Labute approximate surface area is 178 Å². The average molecular weight is 490 g/mol. The Morgan fingerprint density at radius 1 is 1.35 bits per heavy atom. The number of carbonyl (C=O) groups is 1. The Morgan fingerprint density at radius 3 is 2.73 bits per heavy atom. The molecule has 0 aromatic heterocycles. The predicted molar refractivity (Wildman–Crippen MR) is 123 cm³/mol. The minimum atomic E-state index is 0. The third-order valence-electron chi connectivity index (χ3n) is 4.55. The third-order valence-corrected chi connectivity index (χ3v) is 5.52. The molecule has 0 radical (unpaired) electrons. The lowest BCUT2D eigenvalue weighted by molar-refractivity contribution is -0.127. The molecule has 7 heteroatoms. The maximum absolute atomic E-state index is 12.2. The van der Waals surface area contributed by atoms with Gasteiger partial charge in [-0.3, -0.25) is 9.79 Å². The van der Waals surface area contributed by atoms with Crippen molar-refractivity contribution in [3.05, 3.63) is 35.9 Å². The Kier molecular flexibility index (Phi) is 11.0. The van der Waals surface area contributed by atoms with E-state index in [1.54, 1.807) is 7.05 Å². The van der Waals surface area contributed by atoms with Crippen molar-refractivity contribution in [2.24, 2.45) is 10.9 Å². The number of benzene rings is 1. The van der Waals surface area contributed by atoms with Crippen molar-refractivity contribution in [1.82, 2.24) is 15.5 Å². The first-order valence-electron chi connectivity index (χ1n) is 8.91. The van der Waals surface area contributed by atoms with Crippen LogP contribution in [-0.4, -0.2) is 61.5 Å². The minimum Gasteiger partial charge on any atom is -0.356 e. The molecular formula is C19H31IN4OS. The van der Waals surface area contributed by atoms with Crippen LogP contribution in [0.4, 0.5) is 0 Å². The number of amides is 1. The summed E-state index contributed by atoms with van der Waals surface area (Å²) < 4.78 is 0. The van der Waals surface area contributed by atoms with Crippen LogP contribution in [0, 0.1) is 5.92 Å². The smallest absolute Gasteiger partial charge is 0.223 e. The van der Waals surface area contributed by atoms with Crippen LogP contribution in [0.1, 0.15) is 18.9 Å². The van der Waals surface area contributed by atoms with Gasteiger partial charge in [-0.25, -0.2) is 0 Å². The van der Waals surface area contributed by atoms with Gasteiger partial charge in [0, 0.05) is 50.8 Å². The van der Waals surface area contributed by atoms with Gasteiger partial charge in [0.1, 0.15) is 0 Å². The maximum Gasteiger partial charge on any atom is 0.223 e. The normalized spacial score (nSPS) is 18.4. The molecule has 5 nitrogen and oxygen atoms in total. The molecule has 2 N–H and O–H groups in total. The first kappa shape index (κ1) is 23.1. The minimum absolute atomic E-state index is 0. The summed E-state index contributed by atoms with van der Waals surface area (Å²) in [5, 5.41) is 7.23. The number of nitrogens with one attached hydrogen (secondary N) is 2. The topological polar surface area (TPSA) is 56.7 Å². The van der Waals surface area contributed by atoms with E-state index in [4.69, 9.17) is 0 Å². The van der Waals surface area contributed by atoms with Gasteiger partial charge in [0.05, 0.1) is 0 Å². The van der Waals surface area contributed by atoms with Gasteiger partial charge in [0.2, 0.25) is 5.91 Å². The molecule has 2 rings (SSSR count). The number of hydrogen-bond acceptors (Lipinski definition) is 3. The fourth-order valence-corrected chi connectivity index (χ4v) is 3.15. The van der Waals surface area contributed by atoms with E-state index < -0.39 is 0 Å². The van der Waals surface area contributed by atoms with Crippen LogP contribution < -0.4 is 10.6 Å². The summed E-state index contributed by atoms with van der Waals surface area (Å²) in [6.07, 6.45) is 3.65. The Hall–Kier alpha value is -0.960. The average Bonchev–Trinajstić information content (AvgIpc) is 3.00. The molecule has 2 atom stereocenters. The van der Waals surface area contributed by atoms with E-state index in [9.17, 15) is 4.79 Å². The van der Waals surface area contributed by atoms with Gasteiger partial charge >= 0.3 is 0 Å². The summed E-state index contributed by atoms with van der Waals surface area (Å²) in [6, 6.07) is 10.3. The van der Waals surface area contributed by atoms with Gasteiger partial charge in [-0.15, -0.1) is 24.0 Å². The summed E-state index contributed by atoms with van der Waals surface area (Å²) >= 11 is 1.83.